The first-order valence-electron chi connectivity index (χ1n) is 7.13. The number of ether oxygens (including phenoxy) is 1. The molecule has 2 rings (SSSR count). The second-order valence-corrected chi connectivity index (χ2v) is 5.85. The zero-order chi connectivity index (χ0) is 13.9. The average Bonchev–Trinajstić information content (AvgIpc) is 2.47. The van der Waals surface area contributed by atoms with Crippen molar-refractivity contribution in [1.82, 2.24) is 4.90 Å². The predicted molar refractivity (Wildman–Crippen MR) is 77.5 cm³/mol. The number of aliphatic hydroxyl groups is 1. The Bertz CT molecular complexity index is 411. The van der Waals surface area contributed by atoms with Gasteiger partial charge in [-0.2, -0.15) is 0 Å². The molecule has 0 aliphatic carbocycles. The summed E-state index contributed by atoms with van der Waals surface area (Å²) in [5.41, 5.74) is 0.607. The Hall–Kier alpha value is -1.06. The maximum Gasteiger partial charge on any atom is 0.124 e. The van der Waals surface area contributed by atoms with Gasteiger partial charge in [0, 0.05) is 11.1 Å². The summed E-state index contributed by atoms with van der Waals surface area (Å²) in [4.78, 5) is 2.40. The van der Waals surface area contributed by atoms with Crippen molar-refractivity contribution >= 4 is 0 Å². The van der Waals surface area contributed by atoms with Crippen molar-refractivity contribution in [2.24, 2.45) is 0 Å². The van der Waals surface area contributed by atoms with E-state index < -0.39 is 6.10 Å². The number of rotatable bonds is 4. The molecule has 1 saturated heterocycles. The molecule has 1 atom stereocenters. The van der Waals surface area contributed by atoms with E-state index in [2.05, 4.69) is 18.7 Å². The number of benzene rings is 1. The lowest BCUT2D eigenvalue weighted by molar-refractivity contribution is -0.0218. The third kappa shape index (κ3) is 2.93. The number of hydrogen-bond donors (Lipinski definition) is 1. The van der Waals surface area contributed by atoms with Gasteiger partial charge in [-0.05, 0) is 45.8 Å². The fraction of sp³-hybridized carbons (Fsp3) is 0.625. The first-order valence-corrected chi connectivity index (χ1v) is 7.13. The second-order valence-electron chi connectivity index (χ2n) is 5.85. The van der Waals surface area contributed by atoms with Gasteiger partial charge in [-0.3, -0.25) is 4.90 Å². The lowest BCUT2D eigenvalue weighted by atomic mass is 9.87. The van der Waals surface area contributed by atoms with Crippen LogP contribution in [-0.2, 0) is 0 Å². The Labute approximate surface area is 116 Å². The molecule has 1 N–H and O–H groups in total. The highest BCUT2D eigenvalue weighted by Crippen LogP contribution is 2.36. The molecule has 0 radical (unpaired) electrons. The molecule has 1 aromatic carbocycles. The molecule has 3 nitrogen and oxygen atoms in total. The first-order chi connectivity index (χ1) is 9.07. The van der Waals surface area contributed by atoms with Gasteiger partial charge in [0.2, 0.25) is 0 Å². The summed E-state index contributed by atoms with van der Waals surface area (Å²) in [6, 6.07) is 7.75. The van der Waals surface area contributed by atoms with Crippen molar-refractivity contribution in [3.05, 3.63) is 29.8 Å². The molecule has 3 heteroatoms. The normalized spacial score (nSPS) is 19.2. The molecule has 0 amide bonds. The van der Waals surface area contributed by atoms with E-state index >= 15 is 0 Å². The third-order valence-electron chi connectivity index (χ3n) is 4.27. The molecule has 1 aromatic rings. The van der Waals surface area contributed by atoms with Crippen LogP contribution in [0.25, 0.3) is 0 Å². The second kappa shape index (κ2) is 5.93. The van der Waals surface area contributed by atoms with Crippen LogP contribution < -0.4 is 4.74 Å². The molecular weight excluding hydrogens is 238 g/mol. The predicted octanol–water partition coefficient (Wildman–Crippen LogP) is 2.99. The number of methoxy groups -OCH3 is 1. The molecular formula is C16H25NO2. The maximum absolute atomic E-state index is 10.8. The van der Waals surface area contributed by atoms with Gasteiger partial charge >= 0.3 is 0 Å². The molecule has 0 saturated carbocycles. The van der Waals surface area contributed by atoms with Crippen molar-refractivity contribution in [2.75, 3.05) is 20.2 Å². The third-order valence-corrected chi connectivity index (χ3v) is 4.27. The Morgan fingerprint density at radius 2 is 1.79 bits per heavy atom. The maximum atomic E-state index is 10.8. The van der Waals surface area contributed by atoms with Crippen molar-refractivity contribution < 1.29 is 9.84 Å². The monoisotopic (exact) mass is 263 g/mol. The summed E-state index contributed by atoms with van der Waals surface area (Å²) in [5.74, 6) is 0.764. The van der Waals surface area contributed by atoms with Crippen LogP contribution in [-0.4, -0.2) is 35.7 Å². The lowest BCUT2D eigenvalue weighted by Gasteiger charge is -2.44. The van der Waals surface area contributed by atoms with Crippen LogP contribution >= 0.6 is 0 Å². The van der Waals surface area contributed by atoms with Crippen LogP contribution in [0.4, 0.5) is 0 Å². The van der Waals surface area contributed by atoms with Crippen LogP contribution in [0.15, 0.2) is 24.3 Å². The summed E-state index contributed by atoms with van der Waals surface area (Å²) in [5, 5.41) is 10.8. The first kappa shape index (κ1) is 14.4. The van der Waals surface area contributed by atoms with E-state index in [1.165, 1.54) is 19.3 Å². The molecule has 0 spiro atoms. The minimum atomic E-state index is -0.540. The Kier molecular flexibility index (Phi) is 4.48. The van der Waals surface area contributed by atoms with E-state index in [0.717, 1.165) is 24.4 Å². The van der Waals surface area contributed by atoms with Crippen molar-refractivity contribution in [2.45, 2.75) is 44.8 Å². The summed E-state index contributed by atoms with van der Waals surface area (Å²) in [6.07, 6.45) is 3.21. The fourth-order valence-electron chi connectivity index (χ4n) is 2.92. The van der Waals surface area contributed by atoms with Crippen molar-refractivity contribution in [3.8, 4) is 5.75 Å². The lowest BCUT2D eigenvalue weighted by Crippen LogP contribution is -2.50. The summed E-state index contributed by atoms with van der Waals surface area (Å²) in [7, 11) is 1.65. The molecule has 1 aliphatic rings. The average molecular weight is 263 g/mol. The minimum Gasteiger partial charge on any atom is -0.496 e. The van der Waals surface area contributed by atoms with Gasteiger partial charge in [0.05, 0.1) is 7.11 Å². The van der Waals surface area contributed by atoms with E-state index in [-0.39, 0.29) is 5.54 Å². The zero-order valence-corrected chi connectivity index (χ0v) is 12.2. The van der Waals surface area contributed by atoms with E-state index in [4.69, 9.17) is 4.74 Å². The smallest absolute Gasteiger partial charge is 0.124 e. The van der Waals surface area contributed by atoms with Crippen molar-refractivity contribution in [1.29, 1.82) is 0 Å². The van der Waals surface area contributed by atoms with Gasteiger partial charge in [0.15, 0.2) is 0 Å². The standard InChI is InChI=1S/C16H25NO2/c1-16(2,17-11-7-4-8-12-17)15(18)13-9-5-6-10-14(13)19-3/h5-6,9-10,15,18H,4,7-8,11-12H2,1-3H3. The molecule has 106 valence electrons. The summed E-state index contributed by atoms with van der Waals surface area (Å²) < 4.78 is 5.37. The van der Waals surface area contributed by atoms with E-state index in [1.54, 1.807) is 7.11 Å². The van der Waals surface area contributed by atoms with Crippen LogP contribution in [0.2, 0.25) is 0 Å². The molecule has 19 heavy (non-hydrogen) atoms. The van der Waals surface area contributed by atoms with E-state index in [1.807, 2.05) is 24.3 Å². The molecule has 0 bridgehead atoms. The summed E-state index contributed by atoms with van der Waals surface area (Å²) in [6.45, 7) is 6.38. The van der Waals surface area contributed by atoms with Crippen molar-refractivity contribution in [3.63, 3.8) is 0 Å². The van der Waals surface area contributed by atoms with Gasteiger partial charge in [-0.1, -0.05) is 24.6 Å². The SMILES string of the molecule is COc1ccccc1C(O)C(C)(C)N1CCCCC1. The van der Waals surface area contributed by atoms with Gasteiger partial charge < -0.3 is 9.84 Å². The molecule has 1 unspecified atom stereocenters. The number of nitrogens with zero attached hydrogens (tertiary/aromatic N) is 1. The topological polar surface area (TPSA) is 32.7 Å². The highest BCUT2D eigenvalue weighted by Gasteiger charge is 2.36. The zero-order valence-electron chi connectivity index (χ0n) is 12.2. The largest absolute Gasteiger partial charge is 0.496 e. The minimum absolute atomic E-state index is 0.269. The Balaban J connectivity index is 2.23. The van der Waals surface area contributed by atoms with Crippen LogP contribution in [0, 0.1) is 0 Å². The van der Waals surface area contributed by atoms with Crippen LogP contribution in [0.3, 0.4) is 0 Å². The van der Waals surface area contributed by atoms with Crippen LogP contribution in [0.1, 0.15) is 44.8 Å². The Morgan fingerprint density at radius 1 is 1.16 bits per heavy atom. The highest BCUT2D eigenvalue weighted by molar-refractivity contribution is 5.36. The van der Waals surface area contributed by atoms with Gasteiger partial charge in [0.25, 0.3) is 0 Å². The Morgan fingerprint density at radius 3 is 2.42 bits per heavy atom. The number of aliphatic hydroxyl groups excluding tert-OH is 1. The van der Waals surface area contributed by atoms with Crippen LogP contribution in [0.5, 0.6) is 5.75 Å². The van der Waals surface area contributed by atoms with Gasteiger partial charge in [-0.15, -0.1) is 0 Å². The number of piperidine rings is 1. The number of hydrogen-bond acceptors (Lipinski definition) is 3. The molecule has 1 aliphatic heterocycles. The fourth-order valence-corrected chi connectivity index (χ4v) is 2.92. The highest BCUT2D eigenvalue weighted by atomic mass is 16.5. The van der Waals surface area contributed by atoms with E-state index in [0.29, 0.717) is 0 Å². The summed E-state index contributed by atoms with van der Waals surface area (Å²) >= 11 is 0. The number of para-hydroxylation sites is 1. The molecule has 1 heterocycles. The molecule has 0 aromatic heterocycles. The number of likely N-dealkylation sites (tertiary alicyclic amines) is 1. The van der Waals surface area contributed by atoms with E-state index in [9.17, 15) is 5.11 Å². The molecule has 1 fully saturated rings. The van der Waals surface area contributed by atoms with Gasteiger partial charge in [0.1, 0.15) is 11.9 Å². The quantitative estimate of drug-likeness (QED) is 0.906. The van der Waals surface area contributed by atoms with Gasteiger partial charge in [-0.25, -0.2) is 0 Å².